The highest BCUT2D eigenvalue weighted by atomic mass is 16.3. The molecule has 3 rings (SSSR count). The van der Waals surface area contributed by atoms with Gasteiger partial charge in [0.2, 0.25) is 0 Å². The second kappa shape index (κ2) is 5.23. The lowest BCUT2D eigenvalue weighted by molar-refractivity contribution is -0.915. The van der Waals surface area contributed by atoms with E-state index in [4.69, 9.17) is 0 Å². The van der Waals surface area contributed by atoms with Gasteiger partial charge in [0.05, 0.1) is 13.1 Å². The lowest BCUT2D eigenvalue weighted by Crippen LogP contribution is -3.14. The summed E-state index contributed by atoms with van der Waals surface area (Å²) >= 11 is 0. The van der Waals surface area contributed by atoms with E-state index in [9.17, 15) is 5.11 Å². The van der Waals surface area contributed by atoms with E-state index in [1.165, 1.54) is 24.3 Å². The van der Waals surface area contributed by atoms with Gasteiger partial charge in [-0.25, -0.2) is 0 Å². The van der Waals surface area contributed by atoms with Crippen molar-refractivity contribution in [2.24, 2.45) is 5.41 Å². The van der Waals surface area contributed by atoms with Gasteiger partial charge in [-0.05, 0) is 18.9 Å². The molecule has 2 heterocycles. The van der Waals surface area contributed by atoms with Crippen molar-refractivity contribution in [2.45, 2.75) is 32.8 Å². The SMILES string of the molecule is CC1(C)CCC[NH+](C[C@H](O)c2c[nH]c3ccccc23)C1. The van der Waals surface area contributed by atoms with Gasteiger partial charge < -0.3 is 15.0 Å². The van der Waals surface area contributed by atoms with Gasteiger partial charge >= 0.3 is 0 Å². The zero-order valence-electron chi connectivity index (χ0n) is 12.4. The number of aromatic amines is 1. The second-order valence-electron chi connectivity index (χ2n) is 6.95. The first-order chi connectivity index (χ1) is 9.55. The first-order valence-corrected chi connectivity index (χ1v) is 7.63. The van der Waals surface area contributed by atoms with E-state index in [1.54, 1.807) is 0 Å². The highest BCUT2D eigenvalue weighted by Crippen LogP contribution is 2.24. The van der Waals surface area contributed by atoms with Crippen LogP contribution in [0.25, 0.3) is 10.9 Å². The number of H-pyrrole nitrogens is 1. The molecule has 1 aromatic heterocycles. The van der Waals surface area contributed by atoms with Crippen LogP contribution in [0.4, 0.5) is 0 Å². The van der Waals surface area contributed by atoms with E-state index < -0.39 is 0 Å². The predicted molar refractivity (Wildman–Crippen MR) is 81.8 cm³/mol. The Bertz CT molecular complexity index is 587. The molecule has 2 aromatic rings. The molecule has 0 spiro atoms. The van der Waals surface area contributed by atoms with Crippen molar-refractivity contribution in [3.8, 4) is 0 Å². The Balaban J connectivity index is 1.74. The molecule has 1 unspecified atom stereocenters. The highest BCUT2D eigenvalue weighted by Gasteiger charge is 2.31. The quantitative estimate of drug-likeness (QED) is 0.785. The molecule has 1 aliphatic rings. The normalized spacial score (nSPS) is 23.9. The van der Waals surface area contributed by atoms with E-state index >= 15 is 0 Å². The summed E-state index contributed by atoms with van der Waals surface area (Å²) in [5.41, 5.74) is 2.56. The molecule has 2 atom stereocenters. The molecule has 1 aromatic carbocycles. The van der Waals surface area contributed by atoms with Crippen LogP contribution in [0.15, 0.2) is 30.5 Å². The third-order valence-electron chi connectivity index (χ3n) is 4.57. The molecular formula is C17H25N2O+. The van der Waals surface area contributed by atoms with Crippen LogP contribution in [0, 0.1) is 5.41 Å². The van der Waals surface area contributed by atoms with Gasteiger partial charge in [-0.15, -0.1) is 0 Å². The van der Waals surface area contributed by atoms with Gasteiger partial charge in [-0.2, -0.15) is 0 Å². The third-order valence-corrected chi connectivity index (χ3v) is 4.57. The number of likely N-dealkylation sites (tertiary alicyclic amines) is 1. The number of quaternary nitrogens is 1. The maximum atomic E-state index is 10.6. The predicted octanol–water partition coefficient (Wildman–Crippen LogP) is 1.91. The zero-order chi connectivity index (χ0) is 14.2. The number of aliphatic hydroxyl groups is 1. The topological polar surface area (TPSA) is 40.5 Å². The number of piperidine rings is 1. The van der Waals surface area contributed by atoms with Crippen LogP contribution in [0.1, 0.15) is 38.4 Å². The minimum atomic E-state index is -0.380. The second-order valence-corrected chi connectivity index (χ2v) is 6.95. The van der Waals surface area contributed by atoms with E-state index in [2.05, 4.69) is 31.0 Å². The van der Waals surface area contributed by atoms with Crippen molar-refractivity contribution in [1.82, 2.24) is 4.98 Å². The Morgan fingerprint density at radius 3 is 2.95 bits per heavy atom. The lowest BCUT2D eigenvalue weighted by atomic mass is 9.84. The molecule has 0 radical (unpaired) electrons. The zero-order valence-corrected chi connectivity index (χ0v) is 12.4. The summed E-state index contributed by atoms with van der Waals surface area (Å²) in [5.74, 6) is 0. The van der Waals surface area contributed by atoms with E-state index in [-0.39, 0.29) is 6.10 Å². The van der Waals surface area contributed by atoms with Crippen LogP contribution in [-0.2, 0) is 0 Å². The molecule has 0 saturated carbocycles. The maximum absolute atomic E-state index is 10.6. The smallest absolute Gasteiger partial charge is 0.130 e. The first-order valence-electron chi connectivity index (χ1n) is 7.63. The van der Waals surface area contributed by atoms with Crippen LogP contribution in [0.3, 0.4) is 0 Å². The Kier molecular flexibility index (Phi) is 3.57. The molecule has 108 valence electrons. The Labute approximate surface area is 120 Å². The van der Waals surface area contributed by atoms with E-state index in [1.807, 2.05) is 18.3 Å². The molecule has 1 fully saturated rings. The van der Waals surface area contributed by atoms with Crippen molar-refractivity contribution < 1.29 is 10.0 Å². The van der Waals surface area contributed by atoms with Gasteiger partial charge in [0.15, 0.2) is 0 Å². The fraction of sp³-hybridized carbons (Fsp3) is 0.529. The average molecular weight is 273 g/mol. The largest absolute Gasteiger partial charge is 0.382 e. The minimum absolute atomic E-state index is 0.380. The number of aromatic nitrogens is 1. The number of rotatable bonds is 3. The summed E-state index contributed by atoms with van der Waals surface area (Å²) < 4.78 is 0. The Hall–Kier alpha value is -1.32. The fourth-order valence-corrected chi connectivity index (χ4v) is 3.60. The monoisotopic (exact) mass is 273 g/mol. The lowest BCUT2D eigenvalue weighted by Gasteiger charge is -2.35. The Morgan fingerprint density at radius 1 is 1.35 bits per heavy atom. The van der Waals surface area contributed by atoms with Crippen LogP contribution < -0.4 is 4.90 Å². The molecule has 3 N–H and O–H groups in total. The molecule has 0 aliphatic carbocycles. The number of benzene rings is 1. The summed E-state index contributed by atoms with van der Waals surface area (Å²) in [6.45, 7) is 7.83. The molecular weight excluding hydrogens is 248 g/mol. The molecule has 1 aliphatic heterocycles. The van der Waals surface area contributed by atoms with E-state index in [0.717, 1.165) is 29.6 Å². The number of fused-ring (bicyclic) bond motifs is 1. The molecule has 0 amide bonds. The van der Waals surface area contributed by atoms with E-state index in [0.29, 0.717) is 5.41 Å². The summed E-state index contributed by atoms with van der Waals surface area (Å²) in [7, 11) is 0. The molecule has 3 heteroatoms. The number of hydrogen-bond donors (Lipinski definition) is 3. The van der Waals surface area contributed by atoms with Gasteiger partial charge in [0.25, 0.3) is 0 Å². The minimum Gasteiger partial charge on any atom is -0.382 e. The third kappa shape index (κ3) is 2.74. The van der Waals surface area contributed by atoms with Gasteiger partial charge in [0.1, 0.15) is 12.6 Å². The Morgan fingerprint density at radius 2 is 2.15 bits per heavy atom. The molecule has 20 heavy (non-hydrogen) atoms. The summed E-state index contributed by atoms with van der Waals surface area (Å²) in [4.78, 5) is 4.78. The van der Waals surface area contributed by atoms with Crippen molar-refractivity contribution in [3.05, 3.63) is 36.0 Å². The number of para-hydroxylation sites is 1. The fourth-order valence-electron chi connectivity index (χ4n) is 3.60. The van der Waals surface area contributed by atoms with Crippen LogP contribution in [-0.4, -0.2) is 29.7 Å². The molecule has 1 saturated heterocycles. The number of aliphatic hydroxyl groups excluding tert-OH is 1. The van der Waals surface area contributed by atoms with Crippen molar-refractivity contribution in [3.63, 3.8) is 0 Å². The van der Waals surface area contributed by atoms with Crippen molar-refractivity contribution in [1.29, 1.82) is 0 Å². The average Bonchev–Trinajstić information content (AvgIpc) is 2.81. The number of nitrogens with one attached hydrogen (secondary N) is 2. The van der Waals surface area contributed by atoms with Gasteiger partial charge in [0, 0.05) is 28.1 Å². The molecule has 3 nitrogen and oxygen atoms in total. The number of hydrogen-bond acceptors (Lipinski definition) is 1. The highest BCUT2D eigenvalue weighted by molar-refractivity contribution is 5.83. The summed E-state index contributed by atoms with van der Waals surface area (Å²) in [5, 5.41) is 11.7. The summed E-state index contributed by atoms with van der Waals surface area (Å²) in [6, 6.07) is 8.19. The van der Waals surface area contributed by atoms with Crippen LogP contribution in [0.5, 0.6) is 0 Å². The summed E-state index contributed by atoms with van der Waals surface area (Å²) in [6.07, 6.45) is 4.15. The van der Waals surface area contributed by atoms with Crippen LogP contribution >= 0.6 is 0 Å². The van der Waals surface area contributed by atoms with Crippen molar-refractivity contribution >= 4 is 10.9 Å². The maximum Gasteiger partial charge on any atom is 0.130 e. The van der Waals surface area contributed by atoms with Gasteiger partial charge in [-0.1, -0.05) is 32.0 Å². The first kappa shape index (κ1) is 13.7. The standard InChI is InChI=1S/C17H24N2O/c1-17(2)8-5-9-19(12-17)11-16(20)14-10-18-15-7-4-3-6-13(14)15/h3-4,6-7,10,16,18,20H,5,8-9,11-12H2,1-2H3/p+1/t16-/m0/s1. The van der Waals surface area contributed by atoms with Crippen LogP contribution in [0.2, 0.25) is 0 Å². The van der Waals surface area contributed by atoms with Gasteiger partial charge in [-0.3, -0.25) is 0 Å². The van der Waals surface area contributed by atoms with Crippen molar-refractivity contribution in [2.75, 3.05) is 19.6 Å². The molecule has 0 bridgehead atoms.